The molecule has 2 N–H and O–H groups in total. The number of aryl methyl sites for hydroxylation is 1. The minimum absolute atomic E-state index is 0.707. The summed E-state index contributed by atoms with van der Waals surface area (Å²) in [4.78, 5) is 4.31. The van der Waals surface area contributed by atoms with Crippen LogP contribution in [0.2, 0.25) is 0 Å². The third kappa shape index (κ3) is 4.35. The normalized spacial score (nSPS) is 20.2. The quantitative estimate of drug-likeness (QED) is 0.655. The molecule has 0 radical (unpaired) electrons. The van der Waals surface area contributed by atoms with Gasteiger partial charge in [0.05, 0.1) is 0 Å². The Hall–Kier alpha value is -2.29. The number of hydrogen-bond acceptors (Lipinski definition) is 1. The number of nitrogens with one attached hydrogen (secondary N) is 2. The van der Waals surface area contributed by atoms with Crippen LogP contribution in [0.1, 0.15) is 29.0 Å². The van der Waals surface area contributed by atoms with Crippen molar-refractivity contribution in [1.82, 2.24) is 10.6 Å². The second kappa shape index (κ2) is 7.32. The van der Waals surface area contributed by atoms with Crippen LogP contribution in [0.5, 0.6) is 0 Å². The Bertz CT molecular complexity index is 646. The van der Waals surface area contributed by atoms with E-state index in [0.29, 0.717) is 5.92 Å². The Kier molecular flexibility index (Phi) is 4.96. The maximum atomic E-state index is 4.31. The zero-order valence-electron chi connectivity index (χ0n) is 13.9. The van der Waals surface area contributed by atoms with Gasteiger partial charge in [0.15, 0.2) is 5.96 Å². The van der Waals surface area contributed by atoms with E-state index in [1.54, 1.807) is 0 Å². The van der Waals surface area contributed by atoms with E-state index in [9.17, 15) is 0 Å². The third-order valence-corrected chi connectivity index (χ3v) is 4.49. The van der Waals surface area contributed by atoms with E-state index in [1.165, 1.54) is 23.1 Å². The molecule has 3 nitrogen and oxygen atoms in total. The predicted molar refractivity (Wildman–Crippen MR) is 96.7 cm³/mol. The van der Waals surface area contributed by atoms with E-state index in [2.05, 4.69) is 77.1 Å². The highest BCUT2D eigenvalue weighted by Crippen LogP contribution is 2.46. The monoisotopic (exact) mass is 307 g/mol. The molecule has 3 rings (SSSR count). The second-order valence-corrected chi connectivity index (χ2v) is 6.31. The maximum Gasteiger partial charge on any atom is 0.191 e. The van der Waals surface area contributed by atoms with Gasteiger partial charge in [-0.05, 0) is 36.3 Å². The van der Waals surface area contributed by atoms with Crippen LogP contribution >= 0.6 is 0 Å². The van der Waals surface area contributed by atoms with Gasteiger partial charge in [0.2, 0.25) is 0 Å². The van der Waals surface area contributed by atoms with Crippen LogP contribution in [-0.4, -0.2) is 19.6 Å². The van der Waals surface area contributed by atoms with Gasteiger partial charge in [-0.15, -0.1) is 0 Å². The van der Waals surface area contributed by atoms with Gasteiger partial charge in [0, 0.05) is 20.1 Å². The average molecular weight is 307 g/mol. The van der Waals surface area contributed by atoms with E-state index in [0.717, 1.165) is 25.0 Å². The summed E-state index contributed by atoms with van der Waals surface area (Å²) in [5.41, 5.74) is 4.02. The van der Waals surface area contributed by atoms with Gasteiger partial charge >= 0.3 is 0 Å². The van der Waals surface area contributed by atoms with Crippen molar-refractivity contribution in [3.63, 3.8) is 0 Å². The van der Waals surface area contributed by atoms with Crippen LogP contribution in [-0.2, 0) is 6.54 Å². The van der Waals surface area contributed by atoms with Crippen LogP contribution in [0, 0.1) is 12.8 Å². The molecule has 1 aliphatic rings. The van der Waals surface area contributed by atoms with E-state index < -0.39 is 0 Å². The topological polar surface area (TPSA) is 36.4 Å². The molecule has 1 saturated carbocycles. The molecule has 2 aromatic rings. The Morgan fingerprint density at radius 1 is 1.04 bits per heavy atom. The van der Waals surface area contributed by atoms with E-state index in [-0.39, 0.29) is 0 Å². The number of guanidine groups is 1. The first-order valence-electron chi connectivity index (χ1n) is 8.31. The predicted octanol–water partition coefficient (Wildman–Crippen LogP) is 3.46. The summed E-state index contributed by atoms with van der Waals surface area (Å²) in [5, 5.41) is 6.83. The zero-order chi connectivity index (χ0) is 16.1. The largest absolute Gasteiger partial charge is 0.356 e. The SMILES string of the molecule is CN=C(NCc1ccc(C)cc1)NCC1CC1c1ccccc1. The highest BCUT2D eigenvalue weighted by Gasteiger charge is 2.37. The van der Waals surface area contributed by atoms with Crippen LogP contribution in [0.4, 0.5) is 0 Å². The van der Waals surface area contributed by atoms with Crippen LogP contribution in [0.3, 0.4) is 0 Å². The van der Waals surface area contributed by atoms with Crippen LogP contribution in [0.25, 0.3) is 0 Å². The van der Waals surface area contributed by atoms with Crippen molar-refractivity contribution < 1.29 is 0 Å². The Balaban J connectivity index is 1.43. The number of rotatable bonds is 5. The van der Waals surface area contributed by atoms with Gasteiger partial charge in [0.25, 0.3) is 0 Å². The lowest BCUT2D eigenvalue weighted by molar-refractivity contribution is 0.719. The second-order valence-electron chi connectivity index (χ2n) is 6.31. The molecule has 3 heteroatoms. The molecule has 1 aliphatic carbocycles. The highest BCUT2D eigenvalue weighted by atomic mass is 15.2. The van der Waals surface area contributed by atoms with Gasteiger partial charge in [0.1, 0.15) is 0 Å². The lowest BCUT2D eigenvalue weighted by Gasteiger charge is -2.12. The molecule has 1 fully saturated rings. The number of nitrogens with zero attached hydrogens (tertiary/aromatic N) is 1. The van der Waals surface area contributed by atoms with Crippen molar-refractivity contribution in [2.45, 2.75) is 25.8 Å². The van der Waals surface area contributed by atoms with Gasteiger partial charge in [-0.1, -0.05) is 60.2 Å². The first kappa shape index (κ1) is 15.6. The van der Waals surface area contributed by atoms with Crippen molar-refractivity contribution in [2.24, 2.45) is 10.9 Å². The van der Waals surface area contributed by atoms with Gasteiger partial charge in [-0.2, -0.15) is 0 Å². The molecule has 0 aliphatic heterocycles. The van der Waals surface area contributed by atoms with Gasteiger partial charge in [-0.3, -0.25) is 4.99 Å². The summed E-state index contributed by atoms with van der Waals surface area (Å²) < 4.78 is 0. The first-order chi connectivity index (χ1) is 11.3. The minimum Gasteiger partial charge on any atom is -0.356 e. The molecule has 0 amide bonds. The summed E-state index contributed by atoms with van der Waals surface area (Å²) in [5.74, 6) is 2.30. The lowest BCUT2D eigenvalue weighted by Crippen LogP contribution is -2.38. The smallest absolute Gasteiger partial charge is 0.191 e. The molecule has 0 spiro atoms. The molecular weight excluding hydrogens is 282 g/mol. The molecule has 2 unspecified atom stereocenters. The molecule has 120 valence electrons. The Morgan fingerprint density at radius 2 is 1.78 bits per heavy atom. The van der Waals surface area contributed by atoms with Crippen molar-refractivity contribution >= 4 is 5.96 Å². The molecule has 0 aromatic heterocycles. The highest BCUT2D eigenvalue weighted by molar-refractivity contribution is 5.79. The fourth-order valence-electron chi connectivity index (χ4n) is 2.92. The summed E-state index contributed by atoms with van der Waals surface area (Å²) >= 11 is 0. The molecule has 0 saturated heterocycles. The fourth-order valence-corrected chi connectivity index (χ4v) is 2.92. The average Bonchev–Trinajstić information content (AvgIpc) is 3.37. The van der Waals surface area contributed by atoms with Crippen LogP contribution in [0.15, 0.2) is 59.6 Å². The Morgan fingerprint density at radius 3 is 2.48 bits per heavy atom. The number of aliphatic imine (C=N–C) groups is 1. The van der Waals surface area contributed by atoms with Crippen molar-refractivity contribution in [2.75, 3.05) is 13.6 Å². The van der Waals surface area contributed by atoms with Crippen LogP contribution < -0.4 is 10.6 Å². The van der Waals surface area contributed by atoms with Gasteiger partial charge in [-0.25, -0.2) is 0 Å². The summed E-state index contributed by atoms with van der Waals surface area (Å²) in [7, 11) is 1.83. The molecule has 0 heterocycles. The molecule has 2 atom stereocenters. The van der Waals surface area contributed by atoms with Crippen molar-refractivity contribution in [3.05, 3.63) is 71.3 Å². The van der Waals surface area contributed by atoms with E-state index in [1.807, 2.05) is 7.05 Å². The number of benzene rings is 2. The van der Waals surface area contributed by atoms with Gasteiger partial charge < -0.3 is 10.6 Å². The van der Waals surface area contributed by atoms with Crippen molar-refractivity contribution in [3.8, 4) is 0 Å². The summed E-state index contributed by atoms with van der Waals surface area (Å²) in [6.07, 6.45) is 1.27. The Labute approximate surface area is 138 Å². The summed E-state index contributed by atoms with van der Waals surface area (Å²) in [6, 6.07) is 19.4. The maximum absolute atomic E-state index is 4.31. The van der Waals surface area contributed by atoms with Crippen molar-refractivity contribution in [1.29, 1.82) is 0 Å². The molecule has 0 bridgehead atoms. The first-order valence-corrected chi connectivity index (χ1v) is 8.31. The lowest BCUT2D eigenvalue weighted by atomic mass is 10.1. The standard InChI is InChI=1S/C20H25N3/c1-15-8-10-16(11-9-15)13-22-20(21-2)23-14-18-12-19(18)17-6-4-3-5-7-17/h3-11,18-19H,12-14H2,1-2H3,(H2,21,22,23). The zero-order valence-corrected chi connectivity index (χ0v) is 13.9. The fraction of sp³-hybridized carbons (Fsp3) is 0.350. The molecule has 2 aromatic carbocycles. The minimum atomic E-state index is 0.707. The molecule has 23 heavy (non-hydrogen) atoms. The van der Waals surface area contributed by atoms with E-state index in [4.69, 9.17) is 0 Å². The molecular formula is C20H25N3. The number of hydrogen-bond donors (Lipinski definition) is 2. The van der Waals surface area contributed by atoms with E-state index >= 15 is 0 Å². The summed E-state index contributed by atoms with van der Waals surface area (Å²) in [6.45, 7) is 3.89. The third-order valence-electron chi connectivity index (χ3n) is 4.49.